The number of rotatable bonds is 4. The monoisotopic (exact) mass is 289 g/mol. The minimum absolute atomic E-state index is 0.449. The molecule has 0 fully saturated rings. The lowest BCUT2D eigenvalue weighted by atomic mass is 10.2. The van der Waals surface area contributed by atoms with Crippen LogP contribution in [0.4, 0.5) is 11.4 Å². The van der Waals surface area contributed by atoms with Crippen LogP contribution in [0.1, 0.15) is 0 Å². The summed E-state index contributed by atoms with van der Waals surface area (Å²) in [6.45, 7) is 0. The van der Waals surface area contributed by atoms with Crippen molar-refractivity contribution in [2.45, 2.75) is 0 Å². The van der Waals surface area contributed by atoms with Crippen LogP contribution in [-0.4, -0.2) is 24.3 Å². The Labute approximate surface area is 122 Å². The highest BCUT2D eigenvalue weighted by atomic mass is 32.1. The molecule has 1 aromatic carbocycles. The number of nitrogens with zero attached hydrogens (tertiary/aromatic N) is 1. The lowest BCUT2D eigenvalue weighted by Crippen LogP contribution is -2.19. The van der Waals surface area contributed by atoms with Crippen molar-refractivity contribution < 1.29 is 9.47 Å². The van der Waals surface area contributed by atoms with E-state index in [1.54, 1.807) is 26.6 Å². The van der Waals surface area contributed by atoms with Crippen molar-refractivity contribution in [2.75, 3.05) is 24.9 Å². The van der Waals surface area contributed by atoms with Gasteiger partial charge in [0.25, 0.3) is 0 Å². The fourth-order valence-corrected chi connectivity index (χ4v) is 1.86. The molecule has 0 aliphatic heterocycles. The van der Waals surface area contributed by atoms with Crippen molar-refractivity contribution in [2.24, 2.45) is 0 Å². The number of thiocarbonyl (C=S) groups is 1. The average molecular weight is 289 g/mol. The predicted molar refractivity (Wildman–Crippen MR) is 83.6 cm³/mol. The molecule has 2 rings (SSSR count). The Bertz CT molecular complexity index is 590. The second kappa shape index (κ2) is 6.72. The number of hydrogen-bond acceptors (Lipinski definition) is 4. The van der Waals surface area contributed by atoms with E-state index in [0.717, 1.165) is 17.1 Å². The second-order valence-electron chi connectivity index (χ2n) is 3.89. The number of nitrogens with one attached hydrogen (secondary N) is 2. The van der Waals surface area contributed by atoms with Gasteiger partial charge in [0, 0.05) is 12.3 Å². The molecule has 104 valence electrons. The standard InChI is InChI=1S/C14H15N3O2S/c1-18-11-5-6-13(19-2)12(8-11)17-14(20)16-10-4-3-7-15-9-10/h3-9H,1-2H3,(H2,16,17,20). The van der Waals surface area contributed by atoms with Crippen LogP contribution in [0.25, 0.3) is 0 Å². The maximum Gasteiger partial charge on any atom is 0.175 e. The summed E-state index contributed by atoms with van der Waals surface area (Å²) >= 11 is 5.26. The first-order valence-electron chi connectivity index (χ1n) is 5.93. The Morgan fingerprint density at radius 1 is 1.15 bits per heavy atom. The maximum absolute atomic E-state index is 5.28. The topological polar surface area (TPSA) is 55.4 Å². The minimum atomic E-state index is 0.449. The zero-order chi connectivity index (χ0) is 14.4. The van der Waals surface area contributed by atoms with Crippen LogP contribution in [0.3, 0.4) is 0 Å². The van der Waals surface area contributed by atoms with Crippen LogP contribution in [0.2, 0.25) is 0 Å². The Kier molecular flexibility index (Phi) is 4.73. The molecule has 0 aliphatic carbocycles. The minimum Gasteiger partial charge on any atom is -0.497 e. The van der Waals surface area contributed by atoms with Gasteiger partial charge in [-0.25, -0.2) is 0 Å². The zero-order valence-corrected chi connectivity index (χ0v) is 12.0. The fraction of sp³-hybridized carbons (Fsp3) is 0.143. The van der Waals surface area contributed by atoms with Gasteiger partial charge in [0.15, 0.2) is 5.11 Å². The molecule has 2 N–H and O–H groups in total. The molecule has 2 aromatic rings. The largest absolute Gasteiger partial charge is 0.497 e. The van der Waals surface area contributed by atoms with E-state index < -0.39 is 0 Å². The summed E-state index contributed by atoms with van der Waals surface area (Å²) in [4.78, 5) is 4.01. The number of anilines is 2. The average Bonchev–Trinajstić information content (AvgIpc) is 2.48. The SMILES string of the molecule is COc1ccc(OC)c(NC(=S)Nc2cccnc2)c1. The van der Waals surface area contributed by atoms with Gasteiger partial charge in [-0.1, -0.05) is 0 Å². The number of hydrogen-bond donors (Lipinski definition) is 2. The molecule has 6 heteroatoms. The summed E-state index contributed by atoms with van der Waals surface area (Å²) in [5, 5.41) is 6.56. The normalized spacial score (nSPS) is 9.70. The molecule has 0 saturated carbocycles. The molecule has 5 nitrogen and oxygen atoms in total. The van der Waals surface area contributed by atoms with Crippen molar-refractivity contribution in [3.05, 3.63) is 42.7 Å². The van der Waals surface area contributed by atoms with Gasteiger partial charge in [-0.05, 0) is 36.5 Å². The number of methoxy groups -OCH3 is 2. The summed E-state index contributed by atoms with van der Waals surface area (Å²) in [5.41, 5.74) is 1.54. The first kappa shape index (κ1) is 14.1. The summed E-state index contributed by atoms with van der Waals surface area (Å²) in [6.07, 6.45) is 3.39. The van der Waals surface area contributed by atoms with Crippen LogP contribution < -0.4 is 20.1 Å². The highest BCUT2D eigenvalue weighted by Crippen LogP contribution is 2.28. The van der Waals surface area contributed by atoms with Gasteiger partial charge in [-0.3, -0.25) is 4.98 Å². The summed E-state index contributed by atoms with van der Waals surface area (Å²) < 4.78 is 10.5. The fourth-order valence-electron chi connectivity index (χ4n) is 1.63. The van der Waals surface area contributed by atoms with Crippen LogP contribution in [-0.2, 0) is 0 Å². The number of ether oxygens (including phenoxy) is 2. The van der Waals surface area contributed by atoms with Gasteiger partial charge in [-0.2, -0.15) is 0 Å². The van der Waals surface area contributed by atoms with Gasteiger partial charge < -0.3 is 20.1 Å². The lowest BCUT2D eigenvalue weighted by molar-refractivity contribution is 0.405. The van der Waals surface area contributed by atoms with Gasteiger partial charge in [0.05, 0.1) is 31.8 Å². The molecule has 0 amide bonds. The van der Waals surface area contributed by atoms with Crippen molar-refractivity contribution >= 4 is 28.7 Å². The van der Waals surface area contributed by atoms with E-state index in [1.807, 2.05) is 30.3 Å². The molecule has 0 unspecified atom stereocenters. The molecule has 20 heavy (non-hydrogen) atoms. The molecule has 0 aliphatic rings. The third-order valence-corrected chi connectivity index (χ3v) is 2.78. The van der Waals surface area contributed by atoms with Crippen molar-refractivity contribution in [1.82, 2.24) is 4.98 Å². The van der Waals surface area contributed by atoms with Gasteiger partial charge >= 0.3 is 0 Å². The van der Waals surface area contributed by atoms with Gasteiger partial charge in [0.1, 0.15) is 11.5 Å². The quantitative estimate of drug-likeness (QED) is 0.844. The van der Waals surface area contributed by atoms with E-state index in [1.165, 1.54) is 0 Å². The smallest absolute Gasteiger partial charge is 0.175 e. The first-order valence-corrected chi connectivity index (χ1v) is 6.34. The first-order chi connectivity index (χ1) is 9.72. The van der Waals surface area contributed by atoms with Crippen molar-refractivity contribution in [1.29, 1.82) is 0 Å². The summed E-state index contributed by atoms with van der Waals surface area (Å²) in [6, 6.07) is 9.16. The molecule has 0 atom stereocenters. The number of aromatic nitrogens is 1. The molecule has 0 bridgehead atoms. The van der Waals surface area contributed by atoms with E-state index in [4.69, 9.17) is 21.7 Å². The van der Waals surface area contributed by atoms with Crippen LogP contribution in [0, 0.1) is 0 Å². The van der Waals surface area contributed by atoms with E-state index in [9.17, 15) is 0 Å². The van der Waals surface area contributed by atoms with E-state index in [2.05, 4.69) is 15.6 Å². The van der Waals surface area contributed by atoms with Gasteiger partial charge in [-0.15, -0.1) is 0 Å². The molecule has 0 saturated heterocycles. The predicted octanol–water partition coefficient (Wildman–Crippen LogP) is 2.91. The highest BCUT2D eigenvalue weighted by molar-refractivity contribution is 7.80. The third-order valence-electron chi connectivity index (χ3n) is 2.57. The molecular formula is C14H15N3O2S. The third kappa shape index (κ3) is 3.58. The lowest BCUT2D eigenvalue weighted by Gasteiger charge is -2.14. The van der Waals surface area contributed by atoms with Crippen molar-refractivity contribution in [3.63, 3.8) is 0 Å². The summed E-state index contributed by atoms with van der Waals surface area (Å²) in [7, 11) is 3.21. The second-order valence-corrected chi connectivity index (χ2v) is 4.30. The zero-order valence-electron chi connectivity index (χ0n) is 11.2. The van der Waals surface area contributed by atoms with Crippen LogP contribution in [0.5, 0.6) is 11.5 Å². The molecule has 1 aromatic heterocycles. The number of benzene rings is 1. The van der Waals surface area contributed by atoms with E-state index in [-0.39, 0.29) is 0 Å². The number of pyridine rings is 1. The Balaban J connectivity index is 2.10. The maximum atomic E-state index is 5.28. The van der Waals surface area contributed by atoms with Crippen molar-refractivity contribution in [3.8, 4) is 11.5 Å². The molecular weight excluding hydrogens is 274 g/mol. The Morgan fingerprint density at radius 3 is 2.65 bits per heavy atom. The van der Waals surface area contributed by atoms with Crippen LogP contribution >= 0.6 is 12.2 Å². The summed E-state index contributed by atoms with van der Waals surface area (Å²) in [5.74, 6) is 1.40. The van der Waals surface area contributed by atoms with Crippen LogP contribution in [0.15, 0.2) is 42.7 Å². The van der Waals surface area contributed by atoms with Gasteiger partial charge in [0.2, 0.25) is 0 Å². The van der Waals surface area contributed by atoms with E-state index in [0.29, 0.717) is 10.9 Å². The molecule has 1 heterocycles. The van der Waals surface area contributed by atoms with E-state index >= 15 is 0 Å². The highest BCUT2D eigenvalue weighted by Gasteiger charge is 2.07. The molecule has 0 spiro atoms. The molecule has 0 radical (unpaired) electrons. The Morgan fingerprint density at radius 2 is 2.00 bits per heavy atom. The Hall–Kier alpha value is -2.34.